The smallest absolute Gasteiger partial charge is 0.320 e. The monoisotopic (exact) mass is 320 g/mol. The number of carbonyl (C=O) groups excluding carboxylic acids is 1. The molecule has 1 heterocycles. The van der Waals surface area contributed by atoms with E-state index in [9.17, 15) is 18.0 Å². The van der Waals surface area contributed by atoms with Crippen molar-refractivity contribution in [1.29, 1.82) is 0 Å². The van der Waals surface area contributed by atoms with Gasteiger partial charge in [-0.15, -0.1) is 0 Å². The summed E-state index contributed by atoms with van der Waals surface area (Å²) in [5, 5.41) is 8.81. The van der Waals surface area contributed by atoms with Crippen molar-refractivity contribution < 1.29 is 23.1 Å². The SMILES string of the molecule is CC1CS(=O)(=O)CCN1C(=O)N(CCC(=O)O)C(C)(C)C. The minimum atomic E-state index is -3.09. The van der Waals surface area contributed by atoms with Crippen molar-refractivity contribution in [1.82, 2.24) is 9.80 Å². The highest BCUT2D eigenvalue weighted by atomic mass is 32.2. The summed E-state index contributed by atoms with van der Waals surface area (Å²) in [7, 11) is -3.09. The minimum absolute atomic E-state index is 0.0417. The van der Waals surface area contributed by atoms with Crippen LogP contribution < -0.4 is 0 Å². The van der Waals surface area contributed by atoms with E-state index in [1.54, 1.807) is 6.92 Å². The molecule has 0 saturated carbocycles. The van der Waals surface area contributed by atoms with E-state index in [1.165, 1.54) is 9.80 Å². The van der Waals surface area contributed by atoms with Crippen LogP contribution in [0.5, 0.6) is 0 Å². The number of hydrogen-bond acceptors (Lipinski definition) is 4. The maximum Gasteiger partial charge on any atom is 0.320 e. The molecule has 1 fully saturated rings. The van der Waals surface area contributed by atoms with Crippen LogP contribution in [0.15, 0.2) is 0 Å². The van der Waals surface area contributed by atoms with Crippen LogP contribution in [0.25, 0.3) is 0 Å². The maximum absolute atomic E-state index is 12.6. The summed E-state index contributed by atoms with van der Waals surface area (Å²) in [6.07, 6.45) is -0.135. The highest BCUT2D eigenvalue weighted by Crippen LogP contribution is 2.20. The summed E-state index contributed by atoms with van der Waals surface area (Å²) in [5.74, 6) is -1.05. The molecule has 2 amide bonds. The maximum atomic E-state index is 12.6. The molecule has 21 heavy (non-hydrogen) atoms. The first-order valence-corrected chi connectivity index (χ1v) is 8.76. The first kappa shape index (κ1) is 17.7. The number of carboxylic acid groups (broad SMARTS) is 1. The van der Waals surface area contributed by atoms with Gasteiger partial charge < -0.3 is 14.9 Å². The van der Waals surface area contributed by atoms with Gasteiger partial charge in [0, 0.05) is 24.7 Å². The van der Waals surface area contributed by atoms with Crippen molar-refractivity contribution >= 4 is 21.8 Å². The number of rotatable bonds is 3. The molecular formula is C13H24N2O5S. The van der Waals surface area contributed by atoms with Gasteiger partial charge in [-0.05, 0) is 27.7 Å². The predicted molar refractivity (Wildman–Crippen MR) is 78.9 cm³/mol. The first-order chi connectivity index (χ1) is 9.44. The Kier molecular flexibility index (Phi) is 5.25. The zero-order valence-corrected chi connectivity index (χ0v) is 13.8. The molecule has 1 rings (SSSR count). The van der Waals surface area contributed by atoms with Crippen molar-refractivity contribution in [2.75, 3.05) is 24.6 Å². The van der Waals surface area contributed by atoms with E-state index >= 15 is 0 Å². The van der Waals surface area contributed by atoms with Crippen LogP contribution >= 0.6 is 0 Å². The summed E-state index contributed by atoms with van der Waals surface area (Å²) in [4.78, 5) is 26.4. The van der Waals surface area contributed by atoms with E-state index in [4.69, 9.17) is 5.11 Å². The van der Waals surface area contributed by atoms with E-state index < -0.39 is 27.4 Å². The van der Waals surface area contributed by atoms with Gasteiger partial charge in [-0.3, -0.25) is 4.79 Å². The molecule has 122 valence electrons. The van der Waals surface area contributed by atoms with E-state index in [1.807, 2.05) is 20.8 Å². The molecule has 0 aromatic heterocycles. The van der Waals surface area contributed by atoms with Gasteiger partial charge in [0.1, 0.15) is 0 Å². The van der Waals surface area contributed by atoms with Crippen LogP contribution in [0.2, 0.25) is 0 Å². The lowest BCUT2D eigenvalue weighted by Crippen LogP contribution is -2.58. The van der Waals surface area contributed by atoms with Crippen molar-refractivity contribution in [3.8, 4) is 0 Å². The van der Waals surface area contributed by atoms with Gasteiger partial charge >= 0.3 is 12.0 Å². The standard InChI is InChI=1S/C13H24N2O5S/c1-10-9-21(19,20)8-7-14(10)12(18)15(13(2,3)4)6-5-11(16)17/h10H,5-9H2,1-4H3,(H,16,17). The third-order valence-corrected chi connectivity index (χ3v) is 5.30. The fourth-order valence-corrected chi connectivity index (χ4v) is 3.92. The first-order valence-electron chi connectivity index (χ1n) is 6.94. The van der Waals surface area contributed by atoms with Crippen LogP contribution in [0.4, 0.5) is 4.79 Å². The van der Waals surface area contributed by atoms with Gasteiger partial charge in [-0.2, -0.15) is 0 Å². The topological polar surface area (TPSA) is 95.0 Å². The van der Waals surface area contributed by atoms with Crippen molar-refractivity contribution in [3.05, 3.63) is 0 Å². The van der Waals surface area contributed by atoms with Gasteiger partial charge in [0.15, 0.2) is 9.84 Å². The third-order valence-electron chi connectivity index (χ3n) is 3.51. The lowest BCUT2D eigenvalue weighted by molar-refractivity contribution is -0.137. The quantitative estimate of drug-likeness (QED) is 0.830. The van der Waals surface area contributed by atoms with Gasteiger partial charge in [0.2, 0.25) is 0 Å². The fraction of sp³-hybridized carbons (Fsp3) is 0.846. The molecule has 0 aliphatic carbocycles. The number of carbonyl (C=O) groups is 2. The van der Waals surface area contributed by atoms with Crippen LogP contribution in [-0.4, -0.2) is 71.5 Å². The molecule has 1 atom stereocenters. The van der Waals surface area contributed by atoms with Crippen LogP contribution in [0.1, 0.15) is 34.1 Å². The number of amides is 2. The number of sulfone groups is 1. The predicted octanol–water partition coefficient (Wildman–Crippen LogP) is 0.801. The molecule has 8 heteroatoms. The van der Waals surface area contributed by atoms with Crippen LogP contribution in [-0.2, 0) is 14.6 Å². The Morgan fingerprint density at radius 1 is 1.33 bits per heavy atom. The number of carboxylic acids is 1. The number of aliphatic carboxylic acids is 1. The van der Waals surface area contributed by atoms with Gasteiger partial charge in [0.05, 0.1) is 17.9 Å². The summed E-state index contributed by atoms with van der Waals surface area (Å²) in [6, 6.07) is -0.697. The van der Waals surface area contributed by atoms with E-state index in [0.29, 0.717) is 0 Å². The summed E-state index contributed by atoms with van der Waals surface area (Å²) >= 11 is 0. The zero-order chi connectivity index (χ0) is 16.4. The lowest BCUT2D eigenvalue weighted by Gasteiger charge is -2.42. The average molecular weight is 320 g/mol. The molecule has 1 aliphatic heterocycles. The van der Waals surface area contributed by atoms with Gasteiger partial charge in [0.25, 0.3) is 0 Å². The third kappa shape index (κ3) is 4.87. The minimum Gasteiger partial charge on any atom is -0.481 e. The number of urea groups is 1. The highest BCUT2D eigenvalue weighted by molar-refractivity contribution is 7.91. The second kappa shape index (κ2) is 6.21. The van der Waals surface area contributed by atoms with Gasteiger partial charge in [-0.1, -0.05) is 0 Å². The van der Waals surface area contributed by atoms with E-state index in [-0.39, 0.29) is 37.0 Å². The van der Waals surface area contributed by atoms with Crippen LogP contribution in [0.3, 0.4) is 0 Å². The molecule has 0 aromatic rings. The van der Waals surface area contributed by atoms with Crippen molar-refractivity contribution in [3.63, 3.8) is 0 Å². The summed E-state index contributed by atoms with van der Waals surface area (Å²) in [5.41, 5.74) is -0.525. The summed E-state index contributed by atoms with van der Waals surface area (Å²) < 4.78 is 23.2. The molecule has 1 N–H and O–H groups in total. The van der Waals surface area contributed by atoms with E-state index in [0.717, 1.165) is 0 Å². The number of hydrogen-bond donors (Lipinski definition) is 1. The van der Waals surface area contributed by atoms with Gasteiger partial charge in [-0.25, -0.2) is 13.2 Å². The molecule has 7 nitrogen and oxygen atoms in total. The Balaban J connectivity index is 2.88. The fourth-order valence-electron chi connectivity index (χ4n) is 2.36. The molecule has 0 radical (unpaired) electrons. The zero-order valence-electron chi connectivity index (χ0n) is 13.0. The van der Waals surface area contributed by atoms with Crippen molar-refractivity contribution in [2.24, 2.45) is 0 Å². The van der Waals surface area contributed by atoms with E-state index in [2.05, 4.69) is 0 Å². The average Bonchev–Trinajstić information content (AvgIpc) is 2.24. The second-order valence-corrected chi connectivity index (χ2v) is 8.63. The normalized spacial score (nSPS) is 21.9. The molecule has 1 saturated heterocycles. The Hall–Kier alpha value is -1.31. The molecule has 0 bridgehead atoms. The largest absolute Gasteiger partial charge is 0.481 e. The molecule has 1 aliphatic rings. The number of nitrogens with zero attached hydrogens (tertiary/aromatic N) is 2. The molecular weight excluding hydrogens is 296 g/mol. The molecule has 0 aromatic carbocycles. The van der Waals surface area contributed by atoms with Crippen molar-refractivity contribution in [2.45, 2.75) is 45.7 Å². The lowest BCUT2D eigenvalue weighted by atomic mass is 10.1. The summed E-state index contributed by atoms with van der Waals surface area (Å²) in [6.45, 7) is 7.45. The Labute approximate surface area is 125 Å². The molecule has 0 spiro atoms. The second-order valence-electron chi connectivity index (χ2n) is 6.41. The Bertz CT molecular complexity index is 509. The highest BCUT2D eigenvalue weighted by Gasteiger charge is 2.36. The Morgan fingerprint density at radius 3 is 2.33 bits per heavy atom. The molecule has 1 unspecified atom stereocenters. The Morgan fingerprint density at radius 2 is 1.90 bits per heavy atom. The van der Waals surface area contributed by atoms with Crippen LogP contribution in [0, 0.1) is 0 Å².